The normalized spacial score (nSPS) is 16.6. The number of nitrogens with one attached hydrogen (secondary N) is 3. The van der Waals surface area contributed by atoms with Gasteiger partial charge in [-0.1, -0.05) is 43.3 Å². The van der Waals surface area contributed by atoms with Gasteiger partial charge in [0.25, 0.3) is 0 Å². The van der Waals surface area contributed by atoms with Crippen LogP contribution in [0, 0.1) is 11.6 Å². The monoisotopic (exact) mass is 493 g/mol. The molecule has 0 bridgehead atoms. The van der Waals surface area contributed by atoms with Gasteiger partial charge < -0.3 is 21.1 Å². The maximum atomic E-state index is 13.8. The summed E-state index contributed by atoms with van der Waals surface area (Å²) in [5, 5.41) is 20.1. The van der Waals surface area contributed by atoms with E-state index in [1.807, 2.05) is 6.07 Å². The number of halogens is 2. The van der Waals surface area contributed by atoms with Gasteiger partial charge in [-0.2, -0.15) is 0 Å². The number of carbonyl (C=O) groups is 1. The number of aliphatic hydroxyl groups excluding tert-OH is 1. The van der Waals surface area contributed by atoms with Crippen molar-refractivity contribution in [3.63, 3.8) is 0 Å². The Balaban J connectivity index is 1.47. The Labute approximate surface area is 210 Å². The Morgan fingerprint density at radius 1 is 1.03 bits per heavy atom. The first kappa shape index (κ1) is 25.8. The van der Waals surface area contributed by atoms with Gasteiger partial charge in [-0.25, -0.2) is 13.6 Å². The summed E-state index contributed by atoms with van der Waals surface area (Å²) in [5.74, 6) is -1.40. The van der Waals surface area contributed by atoms with Crippen LogP contribution >= 0.6 is 0 Å². The fraction of sp³-hybridized carbons (Fsp3) is 0.345. The van der Waals surface area contributed by atoms with Crippen molar-refractivity contribution in [1.82, 2.24) is 10.6 Å². The van der Waals surface area contributed by atoms with Crippen molar-refractivity contribution < 1.29 is 18.7 Å². The first-order valence-corrected chi connectivity index (χ1v) is 12.5. The van der Waals surface area contributed by atoms with E-state index in [4.69, 9.17) is 0 Å². The van der Waals surface area contributed by atoms with Crippen LogP contribution in [0.15, 0.2) is 66.7 Å². The molecule has 0 radical (unpaired) electrons. The topological polar surface area (TPSA) is 73.4 Å². The zero-order chi connectivity index (χ0) is 25.5. The van der Waals surface area contributed by atoms with Crippen LogP contribution in [0.3, 0.4) is 0 Å². The molecule has 0 heterocycles. The molecule has 1 aliphatic carbocycles. The minimum atomic E-state index is -0.988. The molecule has 2 amide bonds. The lowest BCUT2D eigenvalue weighted by Gasteiger charge is -2.30. The van der Waals surface area contributed by atoms with Crippen molar-refractivity contribution in [3.8, 4) is 0 Å². The number of hydrogen-bond acceptors (Lipinski definition) is 3. The molecular formula is C29H33F2N3O2. The number of benzene rings is 3. The van der Waals surface area contributed by atoms with Crippen molar-refractivity contribution >= 4 is 11.7 Å². The lowest BCUT2D eigenvalue weighted by atomic mass is 9.86. The molecule has 0 spiro atoms. The quantitative estimate of drug-likeness (QED) is 0.327. The van der Waals surface area contributed by atoms with E-state index in [1.54, 1.807) is 24.3 Å². The van der Waals surface area contributed by atoms with Crippen LogP contribution in [-0.4, -0.2) is 29.8 Å². The summed E-state index contributed by atoms with van der Waals surface area (Å²) in [4.78, 5) is 12.7. The Kier molecular flexibility index (Phi) is 8.67. The first-order valence-electron chi connectivity index (χ1n) is 12.5. The SMILES string of the molecule is CCc1ccc2c(c1)[C@@H](NC[C@@H](O)[C@H](Cc1cc(F)cc(F)c1)NC(=O)Nc1ccccc1)CCC2. The van der Waals surface area contributed by atoms with Crippen LogP contribution in [0.2, 0.25) is 0 Å². The second-order valence-corrected chi connectivity index (χ2v) is 9.36. The summed E-state index contributed by atoms with van der Waals surface area (Å²) in [5.41, 5.74) is 4.80. The Bertz CT molecular complexity index is 1150. The number of aryl methyl sites for hydroxylation is 2. The zero-order valence-electron chi connectivity index (χ0n) is 20.4. The second-order valence-electron chi connectivity index (χ2n) is 9.36. The number of hydrogen-bond donors (Lipinski definition) is 4. The molecular weight excluding hydrogens is 460 g/mol. The molecule has 0 aromatic heterocycles. The van der Waals surface area contributed by atoms with Gasteiger partial charge in [0.15, 0.2) is 0 Å². The molecule has 36 heavy (non-hydrogen) atoms. The Morgan fingerprint density at radius 2 is 1.78 bits per heavy atom. The van der Waals surface area contributed by atoms with E-state index in [9.17, 15) is 18.7 Å². The number of carbonyl (C=O) groups excluding carboxylic acids is 1. The number of fused-ring (bicyclic) bond motifs is 1. The third-order valence-electron chi connectivity index (χ3n) is 6.70. The van der Waals surface area contributed by atoms with E-state index in [0.29, 0.717) is 11.3 Å². The fourth-order valence-corrected chi connectivity index (χ4v) is 4.81. The van der Waals surface area contributed by atoms with Crippen LogP contribution in [0.4, 0.5) is 19.3 Å². The van der Waals surface area contributed by atoms with Crippen molar-refractivity contribution in [2.75, 3.05) is 11.9 Å². The Hall–Kier alpha value is -3.29. The van der Waals surface area contributed by atoms with E-state index in [0.717, 1.165) is 31.7 Å². The number of amides is 2. The van der Waals surface area contributed by atoms with Gasteiger partial charge in [0, 0.05) is 24.3 Å². The number of anilines is 1. The molecule has 190 valence electrons. The number of para-hydroxylation sites is 1. The van der Waals surface area contributed by atoms with Gasteiger partial charge in [0.2, 0.25) is 0 Å². The summed E-state index contributed by atoms with van der Waals surface area (Å²) < 4.78 is 27.6. The van der Waals surface area contributed by atoms with E-state index in [-0.39, 0.29) is 19.0 Å². The van der Waals surface area contributed by atoms with E-state index in [1.165, 1.54) is 28.8 Å². The molecule has 0 saturated carbocycles. The van der Waals surface area contributed by atoms with Crippen LogP contribution in [0.25, 0.3) is 0 Å². The molecule has 1 aliphatic rings. The summed E-state index contributed by atoms with van der Waals surface area (Å²) >= 11 is 0. The van der Waals surface area contributed by atoms with Crippen molar-refractivity contribution in [2.45, 2.75) is 57.2 Å². The molecule has 0 unspecified atom stereocenters. The molecule has 3 atom stereocenters. The first-order chi connectivity index (χ1) is 17.4. The largest absolute Gasteiger partial charge is 0.390 e. The zero-order valence-corrected chi connectivity index (χ0v) is 20.4. The van der Waals surface area contributed by atoms with E-state index >= 15 is 0 Å². The molecule has 0 aliphatic heterocycles. The molecule has 7 heteroatoms. The van der Waals surface area contributed by atoms with E-state index in [2.05, 4.69) is 41.1 Å². The fourth-order valence-electron chi connectivity index (χ4n) is 4.81. The summed E-state index contributed by atoms with van der Waals surface area (Å²) in [7, 11) is 0. The van der Waals surface area contributed by atoms with Crippen molar-refractivity contribution in [2.24, 2.45) is 0 Å². The average molecular weight is 494 g/mol. The molecule has 3 aromatic rings. The van der Waals surface area contributed by atoms with Crippen LogP contribution in [-0.2, 0) is 19.3 Å². The van der Waals surface area contributed by atoms with Crippen LogP contribution in [0.1, 0.15) is 48.1 Å². The van der Waals surface area contributed by atoms with Gasteiger partial charge in [-0.05, 0) is 78.6 Å². The lowest BCUT2D eigenvalue weighted by molar-refractivity contribution is 0.123. The van der Waals surface area contributed by atoms with Gasteiger partial charge in [-0.3, -0.25) is 0 Å². The van der Waals surface area contributed by atoms with Crippen molar-refractivity contribution in [1.29, 1.82) is 0 Å². The molecule has 5 nitrogen and oxygen atoms in total. The minimum absolute atomic E-state index is 0.0704. The second kappa shape index (κ2) is 12.1. The molecule has 4 rings (SSSR count). The molecule has 3 aromatic carbocycles. The third kappa shape index (κ3) is 6.89. The maximum Gasteiger partial charge on any atom is 0.319 e. The summed E-state index contributed by atoms with van der Waals surface area (Å²) in [6, 6.07) is 17.6. The highest BCUT2D eigenvalue weighted by atomic mass is 19.1. The van der Waals surface area contributed by atoms with Gasteiger partial charge in [0.1, 0.15) is 11.6 Å². The average Bonchev–Trinajstić information content (AvgIpc) is 2.86. The predicted octanol–water partition coefficient (Wildman–Crippen LogP) is 5.29. The minimum Gasteiger partial charge on any atom is -0.390 e. The summed E-state index contributed by atoms with van der Waals surface area (Å²) in [6.45, 7) is 2.34. The predicted molar refractivity (Wildman–Crippen MR) is 138 cm³/mol. The molecule has 4 N–H and O–H groups in total. The molecule has 0 fully saturated rings. The third-order valence-corrected chi connectivity index (χ3v) is 6.70. The van der Waals surface area contributed by atoms with Crippen LogP contribution in [0.5, 0.6) is 0 Å². The standard InChI is InChI=1S/C29H33F2N3O2/c1-2-19-11-12-21-7-6-10-26(25(21)15-19)32-18-28(35)27(16-20-13-22(30)17-23(31)14-20)34-29(36)33-24-8-4-3-5-9-24/h3-5,8-9,11-15,17,26-28,32,35H,2,6-7,10,16,18H2,1H3,(H2,33,34,36)/t26-,27-,28+/m0/s1. The lowest BCUT2D eigenvalue weighted by Crippen LogP contribution is -2.50. The van der Waals surface area contributed by atoms with Gasteiger partial charge >= 0.3 is 6.03 Å². The van der Waals surface area contributed by atoms with E-state index < -0.39 is 29.8 Å². The summed E-state index contributed by atoms with van der Waals surface area (Å²) in [6.07, 6.45) is 3.08. The number of aliphatic hydroxyl groups is 1. The van der Waals surface area contributed by atoms with Gasteiger partial charge in [0.05, 0.1) is 12.1 Å². The number of urea groups is 1. The highest BCUT2D eigenvalue weighted by Gasteiger charge is 2.26. The van der Waals surface area contributed by atoms with Crippen molar-refractivity contribution in [3.05, 3.63) is 101 Å². The maximum absolute atomic E-state index is 13.8. The number of rotatable bonds is 9. The Morgan fingerprint density at radius 3 is 2.50 bits per heavy atom. The highest BCUT2D eigenvalue weighted by Crippen LogP contribution is 2.30. The molecule has 0 saturated heterocycles. The van der Waals surface area contributed by atoms with Gasteiger partial charge in [-0.15, -0.1) is 0 Å². The highest BCUT2D eigenvalue weighted by molar-refractivity contribution is 5.89. The van der Waals surface area contributed by atoms with Crippen LogP contribution < -0.4 is 16.0 Å². The smallest absolute Gasteiger partial charge is 0.319 e.